The Morgan fingerprint density at radius 3 is 2.87 bits per heavy atom. The second-order valence-corrected chi connectivity index (χ2v) is 6.55. The van der Waals surface area contributed by atoms with Gasteiger partial charge in [-0.15, -0.1) is 11.8 Å². The number of anilines is 2. The highest BCUT2D eigenvalue weighted by Crippen LogP contribution is 2.36. The van der Waals surface area contributed by atoms with Gasteiger partial charge in [-0.2, -0.15) is 0 Å². The van der Waals surface area contributed by atoms with Crippen molar-refractivity contribution in [3.63, 3.8) is 0 Å². The van der Waals surface area contributed by atoms with Gasteiger partial charge in [0.15, 0.2) is 0 Å². The third-order valence-electron chi connectivity index (χ3n) is 3.53. The zero-order valence-corrected chi connectivity index (χ0v) is 13.2. The van der Waals surface area contributed by atoms with Gasteiger partial charge < -0.3 is 10.6 Å². The minimum absolute atomic E-state index is 0.0281. The molecule has 2 aromatic rings. The van der Waals surface area contributed by atoms with Gasteiger partial charge in [0.1, 0.15) is 5.82 Å². The minimum atomic E-state index is -0.500. The molecule has 0 radical (unpaired) electrons. The number of amides is 2. The molecule has 6 heteroatoms. The highest BCUT2D eigenvalue weighted by atomic mass is 32.2. The highest BCUT2D eigenvalue weighted by molar-refractivity contribution is 8.01. The first-order valence-corrected chi connectivity index (χ1v) is 8.03. The van der Waals surface area contributed by atoms with E-state index in [1.54, 1.807) is 19.1 Å². The molecule has 1 aliphatic rings. The van der Waals surface area contributed by atoms with E-state index in [-0.39, 0.29) is 24.1 Å². The molecule has 1 heterocycles. The average Bonchev–Trinajstić information content (AvgIpc) is 2.51. The van der Waals surface area contributed by atoms with E-state index >= 15 is 0 Å². The van der Waals surface area contributed by atoms with Crippen molar-refractivity contribution in [1.29, 1.82) is 0 Å². The Kier molecular flexibility index (Phi) is 4.34. The lowest BCUT2D eigenvalue weighted by molar-refractivity contribution is -0.120. The Labute approximate surface area is 137 Å². The number of nitrogens with one attached hydrogen (secondary N) is 2. The number of halogens is 1. The monoisotopic (exact) mass is 330 g/mol. The molecule has 0 spiro atoms. The second-order valence-electron chi connectivity index (χ2n) is 5.31. The molecule has 4 nitrogen and oxygen atoms in total. The third kappa shape index (κ3) is 3.53. The molecule has 2 aromatic carbocycles. The molecular weight excluding hydrogens is 315 g/mol. The molecule has 2 N–H and O–H groups in total. The van der Waals surface area contributed by atoms with Gasteiger partial charge in [-0.05, 0) is 36.8 Å². The standard InChI is InChI=1S/C17H15FN2O2S/c1-10-6-7-11(8-12(10)18)19-16(21)9-15-17(22)20-13-4-2-3-5-14(13)23-15/h2-8,15H,9H2,1H3,(H,19,21)(H,20,22)/t15-/m0/s1. The summed E-state index contributed by atoms with van der Waals surface area (Å²) >= 11 is 1.36. The Hall–Kier alpha value is -2.34. The van der Waals surface area contributed by atoms with Crippen LogP contribution in [0.2, 0.25) is 0 Å². The van der Waals surface area contributed by atoms with E-state index in [0.29, 0.717) is 11.3 Å². The summed E-state index contributed by atoms with van der Waals surface area (Å²) in [7, 11) is 0. The van der Waals surface area contributed by atoms with Crippen LogP contribution in [0.25, 0.3) is 0 Å². The maximum atomic E-state index is 13.5. The van der Waals surface area contributed by atoms with Crippen LogP contribution in [0.1, 0.15) is 12.0 Å². The fraction of sp³-hybridized carbons (Fsp3) is 0.176. The van der Waals surface area contributed by atoms with Gasteiger partial charge in [0.2, 0.25) is 11.8 Å². The van der Waals surface area contributed by atoms with Crippen molar-refractivity contribution in [2.24, 2.45) is 0 Å². The maximum absolute atomic E-state index is 13.5. The van der Waals surface area contributed by atoms with Crippen molar-refractivity contribution >= 4 is 35.0 Å². The van der Waals surface area contributed by atoms with Crippen molar-refractivity contribution < 1.29 is 14.0 Å². The first-order chi connectivity index (χ1) is 11.0. The third-order valence-corrected chi connectivity index (χ3v) is 4.81. The fourth-order valence-electron chi connectivity index (χ4n) is 2.28. The number of hydrogen-bond donors (Lipinski definition) is 2. The van der Waals surface area contributed by atoms with Crippen LogP contribution in [0.15, 0.2) is 47.4 Å². The zero-order chi connectivity index (χ0) is 16.4. The molecule has 2 amide bonds. The summed E-state index contributed by atoms with van der Waals surface area (Å²) in [5, 5.41) is 4.93. The molecule has 118 valence electrons. The highest BCUT2D eigenvalue weighted by Gasteiger charge is 2.28. The van der Waals surface area contributed by atoms with Gasteiger partial charge in [0, 0.05) is 17.0 Å². The summed E-state index contributed by atoms with van der Waals surface area (Å²) in [5.74, 6) is -0.888. The van der Waals surface area contributed by atoms with E-state index in [1.807, 2.05) is 24.3 Å². The Balaban J connectivity index is 1.66. The lowest BCUT2D eigenvalue weighted by Gasteiger charge is -2.23. The summed E-state index contributed by atoms with van der Waals surface area (Å²) in [4.78, 5) is 25.1. The Morgan fingerprint density at radius 2 is 2.09 bits per heavy atom. The topological polar surface area (TPSA) is 58.2 Å². The van der Waals surface area contributed by atoms with E-state index < -0.39 is 5.25 Å². The summed E-state index contributed by atoms with van der Waals surface area (Å²) in [5.41, 5.74) is 1.67. The summed E-state index contributed by atoms with van der Waals surface area (Å²) in [6.07, 6.45) is 0.0281. The molecule has 0 saturated carbocycles. The number of para-hydroxylation sites is 1. The van der Waals surface area contributed by atoms with Gasteiger partial charge in [-0.1, -0.05) is 18.2 Å². The van der Waals surface area contributed by atoms with Gasteiger partial charge in [0.25, 0.3) is 0 Å². The summed E-state index contributed by atoms with van der Waals surface area (Å²) in [6.45, 7) is 1.65. The molecule has 0 bridgehead atoms. The molecule has 0 aromatic heterocycles. The Morgan fingerprint density at radius 1 is 1.30 bits per heavy atom. The van der Waals surface area contributed by atoms with Crippen molar-refractivity contribution in [2.75, 3.05) is 10.6 Å². The van der Waals surface area contributed by atoms with Crippen molar-refractivity contribution in [1.82, 2.24) is 0 Å². The van der Waals surface area contributed by atoms with Crippen LogP contribution in [-0.4, -0.2) is 17.1 Å². The summed E-state index contributed by atoms with van der Waals surface area (Å²) < 4.78 is 13.5. The lowest BCUT2D eigenvalue weighted by atomic mass is 10.2. The molecule has 1 atom stereocenters. The SMILES string of the molecule is Cc1ccc(NC(=O)C[C@@H]2Sc3ccccc3NC2=O)cc1F. The van der Waals surface area contributed by atoms with Crippen LogP contribution in [0.4, 0.5) is 15.8 Å². The lowest BCUT2D eigenvalue weighted by Crippen LogP contribution is -2.32. The number of aryl methyl sites for hydroxylation is 1. The smallest absolute Gasteiger partial charge is 0.238 e. The number of rotatable bonds is 3. The maximum Gasteiger partial charge on any atom is 0.238 e. The molecule has 1 aliphatic heterocycles. The van der Waals surface area contributed by atoms with Crippen LogP contribution < -0.4 is 10.6 Å². The molecule has 0 unspecified atom stereocenters. The number of carbonyl (C=O) groups excluding carboxylic acids is 2. The fourth-order valence-corrected chi connectivity index (χ4v) is 3.39. The van der Waals surface area contributed by atoms with E-state index in [4.69, 9.17) is 0 Å². The van der Waals surface area contributed by atoms with E-state index in [0.717, 1.165) is 10.6 Å². The number of benzene rings is 2. The first-order valence-electron chi connectivity index (χ1n) is 7.15. The van der Waals surface area contributed by atoms with E-state index in [1.165, 1.54) is 17.8 Å². The molecule has 0 saturated heterocycles. The van der Waals surface area contributed by atoms with Crippen molar-refractivity contribution in [3.05, 3.63) is 53.8 Å². The number of hydrogen-bond acceptors (Lipinski definition) is 3. The molecule has 3 rings (SSSR count). The van der Waals surface area contributed by atoms with Gasteiger partial charge in [-0.3, -0.25) is 9.59 Å². The van der Waals surface area contributed by atoms with Crippen molar-refractivity contribution in [2.45, 2.75) is 23.5 Å². The van der Waals surface area contributed by atoms with Crippen LogP contribution in [0.5, 0.6) is 0 Å². The van der Waals surface area contributed by atoms with Crippen LogP contribution in [-0.2, 0) is 9.59 Å². The second kappa shape index (κ2) is 6.42. The normalized spacial score (nSPS) is 16.4. The zero-order valence-electron chi connectivity index (χ0n) is 12.4. The Bertz CT molecular complexity index is 779. The van der Waals surface area contributed by atoms with Gasteiger partial charge in [0.05, 0.1) is 10.9 Å². The predicted molar refractivity (Wildman–Crippen MR) is 89.1 cm³/mol. The largest absolute Gasteiger partial charge is 0.326 e. The number of thioether (sulfide) groups is 1. The first kappa shape index (κ1) is 15.6. The molecule has 0 aliphatic carbocycles. The molecular formula is C17H15FN2O2S. The van der Waals surface area contributed by atoms with Gasteiger partial charge >= 0.3 is 0 Å². The van der Waals surface area contributed by atoms with Crippen LogP contribution >= 0.6 is 11.8 Å². The quantitative estimate of drug-likeness (QED) is 0.904. The van der Waals surface area contributed by atoms with Gasteiger partial charge in [-0.25, -0.2) is 4.39 Å². The van der Waals surface area contributed by atoms with Crippen LogP contribution in [0.3, 0.4) is 0 Å². The molecule has 0 fully saturated rings. The number of fused-ring (bicyclic) bond motifs is 1. The molecule has 23 heavy (non-hydrogen) atoms. The van der Waals surface area contributed by atoms with Crippen molar-refractivity contribution in [3.8, 4) is 0 Å². The van der Waals surface area contributed by atoms with E-state index in [2.05, 4.69) is 10.6 Å². The van der Waals surface area contributed by atoms with Crippen LogP contribution in [0, 0.1) is 12.7 Å². The minimum Gasteiger partial charge on any atom is -0.326 e. The number of carbonyl (C=O) groups is 2. The van der Waals surface area contributed by atoms with E-state index in [9.17, 15) is 14.0 Å². The predicted octanol–water partition coefficient (Wildman–Crippen LogP) is 3.58. The average molecular weight is 330 g/mol. The summed E-state index contributed by atoms with van der Waals surface area (Å²) in [6, 6.07) is 12.0.